The average Bonchev–Trinajstić information content (AvgIpc) is 3.14. The van der Waals surface area contributed by atoms with Crippen molar-refractivity contribution >= 4 is 17.6 Å². The van der Waals surface area contributed by atoms with Gasteiger partial charge in [-0.15, -0.1) is 0 Å². The molecule has 3 aromatic rings. The molecule has 0 saturated carbocycles. The standard InChI is InChI=1S/C17H14ClN3O3/c1-23-15-6-5-13(18)9-12(15)10-24-17(22)14-3-2-4-16(20-14)21-8-7-19-11-21/h2-9,11H,10H2,1H3. The van der Waals surface area contributed by atoms with Gasteiger partial charge in [0.2, 0.25) is 0 Å². The molecule has 0 N–H and O–H groups in total. The van der Waals surface area contributed by atoms with Gasteiger partial charge in [-0.2, -0.15) is 0 Å². The van der Waals surface area contributed by atoms with Crippen molar-refractivity contribution in [1.29, 1.82) is 0 Å². The van der Waals surface area contributed by atoms with Gasteiger partial charge in [-0.3, -0.25) is 4.57 Å². The molecule has 0 aliphatic heterocycles. The van der Waals surface area contributed by atoms with Crippen LogP contribution in [0.5, 0.6) is 5.75 Å². The molecule has 0 amide bonds. The molecule has 0 aliphatic carbocycles. The molecule has 2 heterocycles. The molecule has 0 fully saturated rings. The monoisotopic (exact) mass is 343 g/mol. The van der Waals surface area contributed by atoms with Crippen molar-refractivity contribution in [3.63, 3.8) is 0 Å². The fraction of sp³-hybridized carbons (Fsp3) is 0.118. The number of pyridine rings is 1. The maximum absolute atomic E-state index is 12.2. The number of hydrogen-bond acceptors (Lipinski definition) is 5. The number of methoxy groups -OCH3 is 1. The molecular weight excluding hydrogens is 330 g/mol. The van der Waals surface area contributed by atoms with Gasteiger partial charge in [-0.25, -0.2) is 14.8 Å². The molecule has 24 heavy (non-hydrogen) atoms. The summed E-state index contributed by atoms with van der Waals surface area (Å²) in [7, 11) is 1.55. The normalized spacial score (nSPS) is 10.4. The quantitative estimate of drug-likeness (QED) is 0.665. The third-order valence-corrected chi connectivity index (χ3v) is 3.55. The summed E-state index contributed by atoms with van der Waals surface area (Å²) in [4.78, 5) is 20.5. The Morgan fingerprint density at radius 1 is 1.29 bits per heavy atom. The van der Waals surface area contributed by atoms with E-state index in [2.05, 4.69) is 9.97 Å². The number of nitrogens with zero attached hydrogens (tertiary/aromatic N) is 3. The summed E-state index contributed by atoms with van der Waals surface area (Å²) >= 11 is 5.97. The van der Waals surface area contributed by atoms with E-state index in [0.717, 1.165) is 0 Å². The first-order valence-electron chi connectivity index (χ1n) is 7.12. The molecule has 6 nitrogen and oxygen atoms in total. The number of hydrogen-bond donors (Lipinski definition) is 0. The third-order valence-electron chi connectivity index (χ3n) is 3.31. The number of carbonyl (C=O) groups excluding carboxylic acids is 1. The Bertz CT molecular complexity index is 850. The second kappa shape index (κ2) is 7.14. The number of carbonyl (C=O) groups is 1. The van der Waals surface area contributed by atoms with Crippen LogP contribution in [0.25, 0.3) is 5.82 Å². The predicted molar refractivity (Wildman–Crippen MR) is 88.5 cm³/mol. The van der Waals surface area contributed by atoms with Crippen LogP contribution in [0.1, 0.15) is 16.1 Å². The van der Waals surface area contributed by atoms with Gasteiger partial charge in [0.1, 0.15) is 24.5 Å². The Morgan fingerprint density at radius 3 is 2.92 bits per heavy atom. The summed E-state index contributed by atoms with van der Waals surface area (Å²) in [6.45, 7) is 0.0412. The molecule has 7 heteroatoms. The van der Waals surface area contributed by atoms with E-state index in [0.29, 0.717) is 22.2 Å². The molecule has 2 aromatic heterocycles. The molecule has 0 saturated heterocycles. The van der Waals surface area contributed by atoms with Crippen molar-refractivity contribution in [3.05, 3.63) is 71.4 Å². The van der Waals surface area contributed by atoms with E-state index < -0.39 is 5.97 Å². The first-order valence-corrected chi connectivity index (χ1v) is 7.50. The SMILES string of the molecule is COc1ccc(Cl)cc1COC(=O)c1cccc(-n2ccnc2)n1. The fourth-order valence-electron chi connectivity index (χ4n) is 2.15. The van der Waals surface area contributed by atoms with Gasteiger partial charge in [-0.1, -0.05) is 17.7 Å². The van der Waals surface area contributed by atoms with Gasteiger partial charge in [0.15, 0.2) is 5.69 Å². The summed E-state index contributed by atoms with van der Waals surface area (Å²) in [6, 6.07) is 10.2. The zero-order chi connectivity index (χ0) is 16.9. The topological polar surface area (TPSA) is 66.2 Å². The van der Waals surface area contributed by atoms with Crippen LogP contribution < -0.4 is 4.74 Å². The molecule has 1 aromatic carbocycles. The van der Waals surface area contributed by atoms with E-state index in [1.807, 2.05) is 0 Å². The van der Waals surface area contributed by atoms with Crippen LogP contribution in [-0.2, 0) is 11.3 Å². The number of rotatable bonds is 5. The highest BCUT2D eigenvalue weighted by molar-refractivity contribution is 6.30. The van der Waals surface area contributed by atoms with Gasteiger partial charge in [0.25, 0.3) is 0 Å². The van der Waals surface area contributed by atoms with Crippen molar-refractivity contribution in [2.75, 3.05) is 7.11 Å². The van der Waals surface area contributed by atoms with E-state index >= 15 is 0 Å². The summed E-state index contributed by atoms with van der Waals surface area (Å²) in [5.41, 5.74) is 0.895. The Kier molecular flexibility index (Phi) is 4.77. The zero-order valence-corrected chi connectivity index (χ0v) is 13.6. The first-order chi connectivity index (χ1) is 11.7. The second-order valence-electron chi connectivity index (χ2n) is 4.88. The number of benzene rings is 1. The minimum absolute atomic E-state index is 0.0412. The largest absolute Gasteiger partial charge is 0.496 e. The van der Waals surface area contributed by atoms with E-state index in [4.69, 9.17) is 21.1 Å². The van der Waals surface area contributed by atoms with Crippen LogP contribution in [0.15, 0.2) is 55.1 Å². The van der Waals surface area contributed by atoms with E-state index in [1.165, 1.54) is 0 Å². The zero-order valence-electron chi connectivity index (χ0n) is 12.8. The van der Waals surface area contributed by atoms with E-state index in [9.17, 15) is 4.79 Å². The Hall–Kier alpha value is -2.86. The first kappa shape index (κ1) is 16.0. The van der Waals surface area contributed by atoms with Gasteiger partial charge in [0.05, 0.1) is 7.11 Å². The van der Waals surface area contributed by atoms with E-state index in [1.54, 1.807) is 66.8 Å². The van der Waals surface area contributed by atoms with Crippen LogP contribution >= 0.6 is 11.6 Å². The van der Waals surface area contributed by atoms with Gasteiger partial charge < -0.3 is 9.47 Å². The number of imidazole rings is 1. The maximum atomic E-state index is 12.2. The number of ether oxygens (including phenoxy) is 2. The van der Waals surface area contributed by atoms with Crippen LogP contribution in [0, 0.1) is 0 Å². The van der Waals surface area contributed by atoms with Crippen molar-refractivity contribution in [1.82, 2.24) is 14.5 Å². The van der Waals surface area contributed by atoms with E-state index in [-0.39, 0.29) is 12.3 Å². The molecule has 0 unspecified atom stereocenters. The second-order valence-corrected chi connectivity index (χ2v) is 5.32. The maximum Gasteiger partial charge on any atom is 0.357 e. The Labute approximate surface area is 143 Å². The van der Waals surface area contributed by atoms with Crippen LogP contribution in [-0.4, -0.2) is 27.6 Å². The van der Waals surface area contributed by atoms with Crippen molar-refractivity contribution in [2.45, 2.75) is 6.61 Å². The number of esters is 1. The summed E-state index contributed by atoms with van der Waals surface area (Å²) in [5.74, 6) is 0.661. The van der Waals surface area contributed by atoms with Crippen LogP contribution in [0.3, 0.4) is 0 Å². The lowest BCUT2D eigenvalue weighted by Gasteiger charge is -2.10. The van der Waals surface area contributed by atoms with Gasteiger partial charge >= 0.3 is 5.97 Å². The minimum Gasteiger partial charge on any atom is -0.496 e. The lowest BCUT2D eigenvalue weighted by molar-refractivity contribution is 0.0463. The van der Waals surface area contributed by atoms with Crippen LogP contribution in [0.4, 0.5) is 0 Å². The highest BCUT2D eigenvalue weighted by atomic mass is 35.5. The van der Waals surface area contributed by atoms with Crippen molar-refractivity contribution in [2.24, 2.45) is 0 Å². The van der Waals surface area contributed by atoms with Gasteiger partial charge in [-0.05, 0) is 30.3 Å². The molecule has 0 aliphatic rings. The summed E-state index contributed by atoms with van der Waals surface area (Å²) in [6.07, 6.45) is 4.99. The molecule has 3 rings (SSSR count). The summed E-state index contributed by atoms with van der Waals surface area (Å²) < 4.78 is 12.3. The predicted octanol–water partition coefficient (Wildman–Crippen LogP) is 3.29. The lowest BCUT2D eigenvalue weighted by Crippen LogP contribution is -2.09. The van der Waals surface area contributed by atoms with Crippen molar-refractivity contribution < 1.29 is 14.3 Å². The van der Waals surface area contributed by atoms with Crippen LogP contribution in [0.2, 0.25) is 5.02 Å². The average molecular weight is 344 g/mol. The Balaban J connectivity index is 1.74. The molecule has 0 atom stereocenters. The third kappa shape index (κ3) is 3.55. The lowest BCUT2D eigenvalue weighted by atomic mass is 10.2. The molecule has 0 spiro atoms. The Morgan fingerprint density at radius 2 is 2.17 bits per heavy atom. The highest BCUT2D eigenvalue weighted by Gasteiger charge is 2.12. The molecule has 0 radical (unpaired) electrons. The minimum atomic E-state index is -0.529. The fourth-order valence-corrected chi connectivity index (χ4v) is 2.35. The highest BCUT2D eigenvalue weighted by Crippen LogP contribution is 2.23. The smallest absolute Gasteiger partial charge is 0.357 e. The van der Waals surface area contributed by atoms with Gasteiger partial charge in [0, 0.05) is 23.0 Å². The molecule has 122 valence electrons. The number of halogens is 1. The molecule has 0 bridgehead atoms. The number of aromatic nitrogens is 3. The summed E-state index contributed by atoms with van der Waals surface area (Å²) in [5, 5.41) is 0.544. The molecular formula is C17H14ClN3O3. The van der Waals surface area contributed by atoms with Crippen molar-refractivity contribution in [3.8, 4) is 11.6 Å².